The molecule has 1 aromatic heterocycles. The second-order valence-corrected chi connectivity index (χ2v) is 9.07. The van der Waals surface area contributed by atoms with Gasteiger partial charge in [0.1, 0.15) is 0 Å². The van der Waals surface area contributed by atoms with E-state index in [0.29, 0.717) is 4.75 Å². The molecule has 2 fully saturated rings. The van der Waals surface area contributed by atoms with Gasteiger partial charge in [0, 0.05) is 49.9 Å². The molecule has 0 unspecified atom stereocenters. The van der Waals surface area contributed by atoms with Gasteiger partial charge in [-0.15, -0.1) is 24.0 Å². The van der Waals surface area contributed by atoms with Crippen molar-refractivity contribution in [1.29, 1.82) is 0 Å². The third-order valence-electron chi connectivity index (χ3n) is 5.84. The molecule has 3 rings (SSSR count). The number of rotatable bonds is 3. The molecule has 0 atom stereocenters. The molecule has 1 aliphatic heterocycles. The molecule has 0 aromatic carbocycles. The van der Waals surface area contributed by atoms with Gasteiger partial charge >= 0.3 is 0 Å². The molecule has 1 saturated carbocycles. The number of aliphatic imine (C=N–C) groups is 1. The molecule has 1 aliphatic carbocycles. The second kappa shape index (κ2) is 9.66. The zero-order chi connectivity index (χ0) is 17.9. The summed E-state index contributed by atoms with van der Waals surface area (Å²) in [6.45, 7) is 7.43. The number of nitrogens with one attached hydrogen (secondary N) is 1. The Morgan fingerprint density at radius 1 is 1.27 bits per heavy atom. The third kappa shape index (κ3) is 4.88. The van der Waals surface area contributed by atoms with Gasteiger partial charge in [-0.1, -0.05) is 19.3 Å². The zero-order valence-corrected chi connectivity index (χ0v) is 19.8. The molecule has 2 aliphatic rings. The average molecular weight is 491 g/mol. The molecule has 5 nitrogen and oxygen atoms in total. The van der Waals surface area contributed by atoms with Crippen LogP contribution in [0.15, 0.2) is 4.99 Å². The van der Waals surface area contributed by atoms with Crippen LogP contribution in [0.3, 0.4) is 0 Å². The van der Waals surface area contributed by atoms with Gasteiger partial charge in [0.15, 0.2) is 5.96 Å². The van der Waals surface area contributed by atoms with E-state index in [-0.39, 0.29) is 24.0 Å². The van der Waals surface area contributed by atoms with Crippen molar-refractivity contribution < 1.29 is 0 Å². The van der Waals surface area contributed by atoms with Crippen LogP contribution in [-0.4, -0.2) is 57.8 Å². The van der Waals surface area contributed by atoms with Crippen LogP contribution < -0.4 is 5.32 Å². The fourth-order valence-corrected chi connectivity index (χ4v) is 5.90. The highest BCUT2D eigenvalue weighted by molar-refractivity contribution is 14.0. The Hall–Kier alpha value is -0.440. The van der Waals surface area contributed by atoms with Crippen LogP contribution >= 0.6 is 35.7 Å². The molecule has 2 heterocycles. The maximum Gasteiger partial charge on any atom is 0.193 e. The van der Waals surface area contributed by atoms with Crippen LogP contribution in [0.4, 0.5) is 0 Å². The van der Waals surface area contributed by atoms with Crippen molar-refractivity contribution >= 4 is 41.7 Å². The molecular weight excluding hydrogens is 457 g/mol. The Bertz CT molecular complexity index is 616. The summed E-state index contributed by atoms with van der Waals surface area (Å²) in [5.41, 5.74) is 3.78. The first-order valence-corrected chi connectivity index (χ1v) is 10.6. The van der Waals surface area contributed by atoms with Gasteiger partial charge in [-0.3, -0.25) is 9.67 Å². The Balaban J connectivity index is 0.00000243. The lowest BCUT2D eigenvalue weighted by molar-refractivity contribution is 0.293. The third-order valence-corrected chi connectivity index (χ3v) is 7.38. The Morgan fingerprint density at radius 3 is 2.62 bits per heavy atom. The number of aryl methyl sites for hydroxylation is 2. The van der Waals surface area contributed by atoms with Crippen molar-refractivity contribution in [3.8, 4) is 0 Å². The van der Waals surface area contributed by atoms with E-state index in [2.05, 4.69) is 45.9 Å². The topological polar surface area (TPSA) is 45.5 Å². The monoisotopic (exact) mass is 491 g/mol. The first-order chi connectivity index (χ1) is 12.0. The van der Waals surface area contributed by atoms with Crippen molar-refractivity contribution in [3.05, 3.63) is 17.0 Å². The summed E-state index contributed by atoms with van der Waals surface area (Å²) in [6.07, 6.45) is 7.95. The minimum absolute atomic E-state index is 0. The summed E-state index contributed by atoms with van der Waals surface area (Å²) in [5, 5.41) is 8.12. The molecule has 0 bridgehead atoms. The van der Waals surface area contributed by atoms with Crippen LogP contribution in [-0.2, 0) is 13.5 Å². The molecule has 1 N–H and O–H groups in total. The molecular formula is C19H34IN5S. The van der Waals surface area contributed by atoms with Crippen molar-refractivity contribution in [2.75, 3.05) is 32.4 Å². The van der Waals surface area contributed by atoms with Crippen LogP contribution in [0.5, 0.6) is 0 Å². The van der Waals surface area contributed by atoms with E-state index in [4.69, 9.17) is 0 Å². The molecule has 1 aromatic rings. The number of hydrogen-bond donors (Lipinski definition) is 1. The molecule has 0 amide bonds. The van der Waals surface area contributed by atoms with Crippen molar-refractivity contribution in [2.24, 2.45) is 12.0 Å². The second-order valence-electron chi connectivity index (χ2n) is 7.51. The molecule has 148 valence electrons. The summed E-state index contributed by atoms with van der Waals surface area (Å²) in [4.78, 5) is 7.06. The van der Waals surface area contributed by atoms with Crippen LogP contribution in [0, 0.1) is 13.8 Å². The number of hydrogen-bond acceptors (Lipinski definition) is 3. The highest BCUT2D eigenvalue weighted by Gasteiger charge is 2.38. The van der Waals surface area contributed by atoms with Gasteiger partial charge in [-0.05, 0) is 38.7 Å². The maximum atomic E-state index is 4.57. The number of thioether (sulfide) groups is 1. The van der Waals surface area contributed by atoms with Crippen LogP contribution in [0.2, 0.25) is 0 Å². The number of aromatic nitrogens is 2. The standard InChI is InChI=1S/C19H33N5S.HI/c1-15-17(16(2)23(4)22-15)8-11-21-18(20-3)24-12-13-25-19(14-24)9-6-5-7-10-19;/h5-14H2,1-4H3,(H,20,21);1H. The first-order valence-electron chi connectivity index (χ1n) is 9.63. The van der Waals surface area contributed by atoms with Gasteiger partial charge in [0.05, 0.1) is 5.69 Å². The first kappa shape index (κ1) is 21.9. The predicted molar refractivity (Wildman–Crippen MR) is 123 cm³/mol. The summed E-state index contributed by atoms with van der Waals surface area (Å²) in [6, 6.07) is 0. The van der Waals surface area contributed by atoms with Gasteiger partial charge in [-0.2, -0.15) is 16.9 Å². The highest BCUT2D eigenvalue weighted by atomic mass is 127. The Morgan fingerprint density at radius 2 is 2.00 bits per heavy atom. The Kier molecular flexibility index (Phi) is 8.12. The van der Waals surface area contributed by atoms with Gasteiger partial charge in [0.25, 0.3) is 0 Å². The smallest absolute Gasteiger partial charge is 0.193 e. The van der Waals surface area contributed by atoms with Gasteiger partial charge in [0.2, 0.25) is 0 Å². The molecule has 1 spiro atoms. The van der Waals surface area contributed by atoms with Crippen molar-refractivity contribution in [3.63, 3.8) is 0 Å². The summed E-state index contributed by atoms with van der Waals surface area (Å²) < 4.78 is 2.46. The lowest BCUT2D eigenvalue weighted by Gasteiger charge is -2.45. The van der Waals surface area contributed by atoms with Crippen molar-refractivity contribution in [2.45, 2.75) is 57.1 Å². The fraction of sp³-hybridized carbons (Fsp3) is 0.789. The normalized spacial score (nSPS) is 20.2. The largest absolute Gasteiger partial charge is 0.356 e. The quantitative estimate of drug-likeness (QED) is 0.399. The van der Waals surface area contributed by atoms with Crippen LogP contribution in [0.25, 0.3) is 0 Å². The zero-order valence-electron chi connectivity index (χ0n) is 16.7. The van der Waals surface area contributed by atoms with Gasteiger partial charge in [-0.25, -0.2) is 0 Å². The summed E-state index contributed by atoms with van der Waals surface area (Å²) >= 11 is 2.21. The van der Waals surface area contributed by atoms with E-state index in [9.17, 15) is 0 Å². The SMILES string of the molecule is CN=C(NCCc1c(C)nn(C)c1C)N1CCSC2(CCCCC2)C1.I. The minimum atomic E-state index is 0. The van der Waals surface area contributed by atoms with E-state index in [1.165, 1.54) is 49.1 Å². The molecule has 1 saturated heterocycles. The van der Waals surface area contributed by atoms with Gasteiger partial charge < -0.3 is 10.2 Å². The molecule has 7 heteroatoms. The summed E-state index contributed by atoms with van der Waals surface area (Å²) in [5.74, 6) is 2.30. The lowest BCUT2D eigenvalue weighted by Crippen LogP contribution is -2.53. The maximum absolute atomic E-state index is 4.57. The molecule has 0 radical (unpaired) electrons. The lowest BCUT2D eigenvalue weighted by atomic mass is 9.87. The van der Waals surface area contributed by atoms with Crippen molar-refractivity contribution in [1.82, 2.24) is 20.0 Å². The average Bonchev–Trinajstić information content (AvgIpc) is 2.85. The highest BCUT2D eigenvalue weighted by Crippen LogP contribution is 2.42. The Labute approximate surface area is 179 Å². The number of halogens is 1. The minimum Gasteiger partial charge on any atom is -0.356 e. The predicted octanol–water partition coefficient (Wildman–Crippen LogP) is 3.52. The fourth-order valence-electron chi connectivity index (χ4n) is 4.34. The van der Waals surface area contributed by atoms with E-state index in [0.717, 1.165) is 37.7 Å². The number of nitrogens with zero attached hydrogens (tertiary/aromatic N) is 4. The van der Waals surface area contributed by atoms with E-state index in [1.807, 2.05) is 18.8 Å². The molecule has 26 heavy (non-hydrogen) atoms. The van der Waals surface area contributed by atoms with E-state index in [1.54, 1.807) is 0 Å². The van der Waals surface area contributed by atoms with E-state index >= 15 is 0 Å². The van der Waals surface area contributed by atoms with E-state index < -0.39 is 0 Å². The summed E-state index contributed by atoms with van der Waals surface area (Å²) in [7, 11) is 3.94. The van der Waals surface area contributed by atoms with Crippen LogP contribution in [0.1, 0.15) is 49.1 Å². The number of guanidine groups is 1.